The molecule has 4 heteroatoms. The van der Waals surface area contributed by atoms with Gasteiger partial charge in [0.05, 0.1) is 6.54 Å². The molecule has 0 unspecified atom stereocenters. The molecule has 1 aromatic carbocycles. The second-order valence-electron chi connectivity index (χ2n) is 5.34. The monoisotopic (exact) mass is 280 g/mol. The van der Waals surface area contributed by atoms with Crippen molar-refractivity contribution in [3.63, 3.8) is 0 Å². The number of rotatable bonds is 3. The van der Waals surface area contributed by atoms with Gasteiger partial charge in [0.25, 0.3) is 0 Å². The van der Waals surface area contributed by atoms with E-state index in [1.165, 1.54) is 24.0 Å². The summed E-state index contributed by atoms with van der Waals surface area (Å²) in [7, 11) is 0. The van der Waals surface area contributed by atoms with Crippen LogP contribution in [0, 0.1) is 0 Å². The number of guanidine groups is 1. The molecule has 0 fully saturated rings. The zero-order valence-corrected chi connectivity index (χ0v) is 12.0. The van der Waals surface area contributed by atoms with E-state index in [1.807, 2.05) is 12.1 Å². The second kappa shape index (κ2) is 6.39. The van der Waals surface area contributed by atoms with E-state index in [0.717, 1.165) is 24.1 Å². The fraction of sp³-hybridized carbons (Fsp3) is 0.294. The Labute approximate surface area is 125 Å². The summed E-state index contributed by atoms with van der Waals surface area (Å²) in [5, 5.41) is 3.25. The van der Waals surface area contributed by atoms with Crippen LogP contribution in [0.25, 0.3) is 0 Å². The molecule has 0 bridgehead atoms. The first-order valence-corrected chi connectivity index (χ1v) is 7.39. The maximum Gasteiger partial charge on any atom is 0.193 e. The van der Waals surface area contributed by atoms with Gasteiger partial charge in [-0.15, -0.1) is 0 Å². The average Bonchev–Trinajstić information content (AvgIpc) is 2.54. The number of pyridine rings is 1. The molecule has 3 N–H and O–H groups in total. The van der Waals surface area contributed by atoms with E-state index in [0.29, 0.717) is 12.5 Å². The van der Waals surface area contributed by atoms with Crippen molar-refractivity contribution in [2.24, 2.45) is 10.7 Å². The third-order valence-electron chi connectivity index (χ3n) is 3.81. The Kier molecular flexibility index (Phi) is 4.15. The van der Waals surface area contributed by atoms with Gasteiger partial charge in [-0.1, -0.05) is 18.2 Å². The standard InChI is InChI=1S/C17H20N4/c18-17(20-12-13-5-4-10-19-11-13)21-16-9-3-7-14-6-1-2-8-15(14)16/h3-5,7,9-11H,1-2,6,8,12H2,(H3,18,20,21). The van der Waals surface area contributed by atoms with Crippen LogP contribution in [0.2, 0.25) is 0 Å². The fourth-order valence-electron chi connectivity index (χ4n) is 2.74. The summed E-state index contributed by atoms with van der Waals surface area (Å²) < 4.78 is 0. The van der Waals surface area contributed by atoms with Crippen molar-refractivity contribution < 1.29 is 0 Å². The van der Waals surface area contributed by atoms with Crippen molar-refractivity contribution in [1.82, 2.24) is 4.98 Å². The lowest BCUT2D eigenvalue weighted by atomic mass is 9.90. The third kappa shape index (κ3) is 3.40. The Hall–Kier alpha value is -2.36. The van der Waals surface area contributed by atoms with Crippen molar-refractivity contribution >= 4 is 11.6 Å². The van der Waals surface area contributed by atoms with Crippen molar-refractivity contribution in [2.45, 2.75) is 32.2 Å². The van der Waals surface area contributed by atoms with Gasteiger partial charge in [0.1, 0.15) is 0 Å². The lowest BCUT2D eigenvalue weighted by molar-refractivity contribution is 0.687. The summed E-state index contributed by atoms with van der Waals surface area (Å²) in [6.45, 7) is 0.543. The number of fused-ring (bicyclic) bond motifs is 1. The number of hydrogen-bond acceptors (Lipinski definition) is 2. The molecule has 1 aliphatic rings. The highest BCUT2D eigenvalue weighted by molar-refractivity contribution is 5.93. The minimum atomic E-state index is 0.456. The van der Waals surface area contributed by atoms with E-state index in [1.54, 1.807) is 12.4 Å². The molecule has 0 atom stereocenters. The molecule has 1 aliphatic carbocycles. The number of nitrogens with one attached hydrogen (secondary N) is 1. The highest BCUT2D eigenvalue weighted by atomic mass is 15.1. The SMILES string of the molecule is NC(=NCc1cccnc1)Nc1cccc2c1CCCC2. The fourth-order valence-corrected chi connectivity index (χ4v) is 2.74. The highest BCUT2D eigenvalue weighted by Gasteiger charge is 2.12. The van der Waals surface area contributed by atoms with E-state index in [2.05, 4.69) is 33.5 Å². The molecule has 1 aromatic heterocycles. The van der Waals surface area contributed by atoms with Crippen LogP contribution in [0.5, 0.6) is 0 Å². The number of aliphatic imine (C=N–C) groups is 1. The normalized spacial score (nSPS) is 14.6. The first-order chi connectivity index (χ1) is 10.3. The van der Waals surface area contributed by atoms with Gasteiger partial charge < -0.3 is 11.1 Å². The molecular weight excluding hydrogens is 260 g/mol. The van der Waals surface area contributed by atoms with E-state index in [9.17, 15) is 0 Å². The van der Waals surface area contributed by atoms with Gasteiger partial charge in [0.15, 0.2) is 5.96 Å². The topological polar surface area (TPSA) is 63.3 Å². The van der Waals surface area contributed by atoms with Crippen molar-refractivity contribution in [2.75, 3.05) is 5.32 Å². The number of nitrogens with two attached hydrogens (primary N) is 1. The molecule has 0 aliphatic heterocycles. The van der Waals surface area contributed by atoms with Crippen LogP contribution >= 0.6 is 0 Å². The Morgan fingerprint density at radius 2 is 2.10 bits per heavy atom. The summed E-state index contributed by atoms with van der Waals surface area (Å²) in [6, 6.07) is 10.3. The van der Waals surface area contributed by atoms with Crippen LogP contribution in [-0.4, -0.2) is 10.9 Å². The first-order valence-electron chi connectivity index (χ1n) is 7.39. The van der Waals surface area contributed by atoms with Gasteiger partial charge in [0.2, 0.25) is 0 Å². The number of nitrogens with zero attached hydrogens (tertiary/aromatic N) is 2. The second-order valence-corrected chi connectivity index (χ2v) is 5.34. The van der Waals surface area contributed by atoms with Crippen LogP contribution in [0.3, 0.4) is 0 Å². The summed E-state index contributed by atoms with van der Waals surface area (Å²) in [5.41, 5.74) is 11.0. The van der Waals surface area contributed by atoms with E-state index in [-0.39, 0.29) is 0 Å². The Morgan fingerprint density at radius 3 is 2.95 bits per heavy atom. The zero-order chi connectivity index (χ0) is 14.5. The molecule has 0 amide bonds. The molecule has 1 heterocycles. The van der Waals surface area contributed by atoms with Crippen LogP contribution in [0.15, 0.2) is 47.7 Å². The first kappa shape index (κ1) is 13.6. The molecule has 2 aromatic rings. The maximum atomic E-state index is 6.01. The number of anilines is 1. The number of aryl methyl sites for hydroxylation is 1. The van der Waals surface area contributed by atoms with E-state index >= 15 is 0 Å². The lowest BCUT2D eigenvalue weighted by Crippen LogP contribution is -2.24. The van der Waals surface area contributed by atoms with Gasteiger partial charge >= 0.3 is 0 Å². The lowest BCUT2D eigenvalue weighted by Gasteiger charge is -2.19. The molecule has 0 radical (unpaired) electrons. The summed E-state index contributed by atoms with van der Waals surface area (Å²) in [6.07, 6.45) is 8.37. The van der Waals surface area contributed by atoms with Gasteiger partial charge in [-0.05, 0) is 54.5 Å². The van der Waals surface area contributed by atoms with Crippen LogP contribution < -0.4 is 11.1 Å². The van der Waals surface area contributed by atoms with Gasteiger partial charge in [0, 0.05) is 18.1 Å². The Balaban J connectivity index is 1.71. The van der Waals surface area contributed by atoms with Gasteiger partial charge in [-0.25, -0.2) is 4.99 Å². The summed E-state index contributed by atoms with van der Waals surface area (Å²) >= 11 is 0. The summed E-state index contributed by atoms with van der Waals surface area (Å²) in [5.74, 6) is 0.456. The van der Waals surface area contributed by atoms with Crippen LogP contribution in [-0.2, 0) is 19.4 Å². The van der Waals surface area contributed by atoms with Crippen LogP contribution in [0.1, 0.15) is 29.5 Å². The number of benzene rings is 1. The van der Waals surface area contributed by atoms with Crippen molar-refractivity contribution in [1.29, 1.82) is 0 Å². The van der Waals surface area contributed by atoms with E-state index in [4.69, 9.17) is 5.73 Å². The third-order valence-corrected chi connectivity index (χ3v) is 3.81. The predicted octanol–water partition coefficient (Wildman–Crippen LogP) is 2.89. The minimum absolute atomic E-state index is 0.456. The van der Waals surface area contributed by atoms with Crippen molar-refractivity contribution in [3.8, 4) is 0 Å². The quantitative estimate of drug-likeness (QED) is 0.671. The van der Waals surface area contributed by atoms with E-state index < -0.39 is 0 Å². The molecule has 108 valence electrons. The zero-order valence-electron chi connectivity index (χ0n) is 12.0. The van der Waals surface area contributed by atoms with Gasteiger partial charge in [-0.3, -0.25) is 4.98 Å². The smallest absolute Gasteiger partial charge is 0.193 e. The number of hydrogen-bond donors (Lipinski definition) is 2. The largest absolute Gasteiger partial charge is 0.370 e. The maximum absolute atomic E-state index is 6.01. The Morgan fingerprint density at radius 1 is 1.19 bits per heavy atom. The van der Waals surface area contributed by atoms with Crippen LogP contribution in [0.4, 0.5) is 5.69 Å². The molecule has 4 nitrogen and oxygen atoms in total. The van der Waals surface area contributed by atoms with Gasteiger partial charge in [-0.2, -0.15) is 0 Å². The summed E-state index contributed by atoms with van der Waals surface area (Å²) in [4.78, 5) is 8.46. The molecule has 3 rings (SSSR count). The van der Waals surface area contributed by atoms with Crippen molar-refractivity contribution in [3.05, 3.63) is 59.4 Å². The average molecular weight is 280 g/mol. The molecule has 21 heavy (non-hydrogen) atoms. The molecule has 0 saturated carbocycles. The molecule has 0 spiro atoms. The number of aromatic nitrogens is 1. The minimum Gasteiger partial charge on any atom is -0.370 e. The highest BCUT2D eigenvalue weighted by Crippen LogP contribution is 2.27. The Bertz CT molecular complexity index is 634. The molecular formula is C17H20N4. The molecule has 0 saturated heterocycles. The predicted molar refractivity (Wildman–Crippen MR) is 86.3 cm³/mol.